The second kappa shape index (κ2) is 5.21. The van der Waals surface area contributed by atoms with Crippen molar-refractivity contribution >= 4 is 17.6 Å². The molecule has 0 amide bonds. The number of nitrogens with one attached hydrogen (secondary N) is 1. The Hall–Kier alpha value is -1.55. The van der Waals surface area contributed by atoms with E-state index in [-0.39, 0.29) is 0 Å². The minimum Gasteiger partial charge on any atom is -0.373 e. The number of nitrogens with zero attached hydrogens (tertiary/aromatic N) is 2. The Labute approximate surface area is 117 Å². The molecule has 0 saturated carbocycles. The zero-order valence-electron chi connectivity index (χ0n) is 11.2. The molecule has 3 nitrogen and oxygen atoms in total. The zero-order valence-corrected chi connectivity index (χ0v) is 12.0. The average Bonchev–Trinajstić information content (AvgIpc) is 2.88. The summed E-state index contributed by atoms with van der Waals surface area (Å²) in [5.41, 5.74) is 4.13. The van der Waals surface area contributed by atoms with Crippen LogP contribution in [0.3, 0.4) is 0 Å². The fourth-order valence-corrected chi connectivity index (χ4v) is 3.42. The van der Waals surface area contributed by atoms with Crippen LogP contribution in [0.25, 0.3) is 0 Å². The number of aryl methyl sites for hydroxylation is 2. The van der Waals surface area contributed by atoms with E-state index in [4.69, 9.17) is 0 Å². The van der Waals surface area contributed by atoms with E-state index in [1.54, 1.807) is 18.1 Å². The molecule has 0 radical (unpaired) electrons. The lowest BCUT2D eigenvalue weighted by molar-refractivity contribution is 0.911. The largest absolute Gasteiger partial charge is 0.373 e. The molecule has 1 aliphatic carbocycles. The first-order chi connectivity index (χ1) is 9.28. The lowest BCUT2D eigenvalue weighted by Gasteiger charge is -2.09. The van der Waals surface area contributed by atoms with Crippen LogP contribution < -0.4 is 5.32 Å². The third-order valence-electron chi connectivity index (χ3n) is 3.56. The van der Waals surface area contributed by atoms with E-state index >= 15 is 0 Å². The van der Waals surface area contributed by atoms with Gasteiger partial charge in [-0.3, -0.25) is 0 Å². The smallest absolute Gasteiger partial charge is 0.133 e. The van der Waals surface area contributed by atoms with Gasteiger partial charge in [-0.05, 0) is 49.4 Å². The Balaban J connectivity index is 1.89. The molecule has 2 aromatic rings. The quantitative estimate of drug-likeness (QED) is 0.867. The van der Waals surface area contributed by atoms with Gasteiger partial charge in [0.15, 0.2) is 0 Å². The number of rotatable bonds is 3. The molecule has 1 aliphatic rings. The highest BCUT2D eigenvalue weighted by molar-refractivity contribution is 7.99. The van der Waals surface area contributed by atoms with Gasteiger partial charge < -0.3 is 5.32 Å². The van der Waals surface area contributed by atoms with Crippen molar-refractivity contribution in [1.29, 1.82) is 0 Å². The molecule has 1 N–H and O–H groups in total. The van der Waals surface area contributed by atoms with Crippen molar-refractivity contribution in [2.45, 2.75) is 36.1 Å². The van der Waals surface area contributed by atoms with Crippen molar-refractivity contribution in [1.82, 2.24) is 9.97 Å². The van der Waals surface area contributed by atoms with Crippen molar-refractivity contribution < 1.29 is 0 Å². The van der Waals surface area contributed by atoms with Crippen LogP contribution in [0.1, 0.15) is 23.1 Å². The summed E-state index contributed by atoms with van der Waals surface area (Å²) in [7, 11) is 1.89. The van der Waals surface area contributed by atoms with Crippen LogP contribution in [-0.4, -0.2) is 17.0 Å². The molecule has 4 heteroatoms. The Bertz CT molecular complexity index is 610. The van der Waals surface area contributed by atoms with E-state index in [0.717, 1.165) is 16.4 Å². The third-order valence-corrected chi connectivity index (χ3v) is 4.65. The predicted octanol–water partition coefficient (Wildman–Crippen LogP) is 3.47. The normalized spacial score (nSPS) is 13.4. The minimum atomic E-state index is 0.902. The van der Waals surface area contributed by atoms with Crippen molar-refractivity contribution in [3.05, 3.63) is 41.2 Å². The molecule has 0 atom stereocenters. The van der Waals surface area contributed by atoms with Crippen LogP contribution in [0.15, 0.2) is 34.4 Å². The molecular formula is C15H17N3S. The van der Waals surface area contributed by atoms with Gasteiger partial charge >= 0.3 is 0 Å². The van der Waals surface area contributed by atoms with Gasteiger partial charge in [-0.2, -0.15) is 0 Å². The van der Waals surface area contributed by atoms with E-state index in [0.29, 0.717) is 0 Å². The predicted molar refractivity (Wildman–Crippen MR) is 78.9 cm³/mol. The van der Waals surface area contributed by atoms with Crippen LogP contribution in [0.2, 0.25) is 0 Å². The summed E-state index contributed by atoms with van der Waals surface area (Å²) in [6, 6.07) is 6.78. The molecule has 0 aliphatic heterocycles. The van der Waals surface area contributed by atoms with E-state index in [1.807, 2.05) is 7.05 Å². The van der Waals surface area contributed by atoms with Crippen LogP contribution in [0.5, 0.6) is 0 Å². The van der Waals surface area contributed by atoms with Gasteiger partial charge in [0, 0.05) is 17.5 Å². The molecule has 0 fully saturated rings. The van der Waals surface area contributed by atoms with Gasteiger partial charge in [-0.1, -0.05) is 17.8 Å². The lowest BCUT2D eigenvalue weighted by Crippen LogP contribution is -1.98. The summed E-state index contributed by atoms with van der Waals surface area (Å²) in [5.74, 6) is 0.902. The molecule has 1 aromatic carbocycles. The fourth-order valence-electron chi connectivity index (χ4n) is 2.51. The maximum atomic E-state index is 4.39. The van der Waals surface area contributed by atoms with Crippen molar-refractivity contribution in [2.24, 2.45) is 0 Å². The summed E-state index contributed by atoms with van der Waals surface area (Å²) in [5, 5.41) is 4.12. The van der Waals surface area contributed by atoms with Gasteiger partial charge in [-0.25, -0.2) is 9.97 Å². The summed E-state index contributed by atoms with van der Waals surface area (Å²) in [6.45, 7) is 2.06. The number of aromatic nitrogens is 2. The highest BCUT2D eigenvalue weighted by Crippen LogP contribution is 2.33. The maximum Gasteiger partial charge on any atom is 0.133 e. The van der Waals surface area contributed by atoms with Crippen molar-refractivity contribution in [2.75, 3.05) is 12.4 Å². The average molecular weight is 271 g/mol. The number of fused-ring (bicyclic) bond motifs is 1. The summed E-state index contributed by atoms with van der Waals surface area (Å²) < 4.78 is 0. The van der Waals surface area contributed by atoms with E-state index < -0.39 is 0 Å². The number of benzene rings is 1. The first-order valence-electron chi connectivity index (χ1n) is 6.57. The number of hydrogen-bond donors (Lipinski definition) is 1. The summed E-state index contributed by atoms with van der Waals surface area (Å²) in [6.07, 6.45) is 5.36. The standard InChI is InChI=1S/C15H17N3S/c1-10-14(16-2)17-9-18-15(10)19-13-7-6-11-4-3-5-12(11)8-13/h6-9H,3-5H2,1-2H3,(H,16,17,18). The second-order valence-corrected chi connectivity index (χ2v) is 5.85. The molecule has 19 heavy (non-hydrogen) atoms. The third kappa shape index (κ3) is 2.45. The molecule has 0 bridgehead atoms. The SMILES string of the molecule is CNc1ncnc(Sc2ccc3c(c2)CCC3)c1C. The van der Waals surface area contributed by atoms with E-state index in [2.05, 4.69) is 40.4 Å². The molecule has 1 aromatic heterocycles. The highest BCUT2D eigenvalue weighted by Gasteiger charge is 2.13. The number of anilines is 1. The topological polar surface area (TPSA) is 37.8 Å². The van der Waals surface area contributed by atoms with Gasteiger partial charge in [0.25, 0.3) is 0 Å². The molecule has 3 rings (SSSR count). The van der Waals surface area contributed by atoms with Crippen molar-refractivity contribution in [3.8, 4) is 0 Å². The van der Waals surface area contributed by atoms with Crippen LogP contribution in [0, 0.1) is 6.92 Å². The van der Waals surface area contributed by atoms with E-state index in [1.165, 1.54) is 35.3 Å². The molecular weight excluding hydrogens is 254 g/mol. The van der Waals surface area contributed by atoms with Gasteiger partial charge in [-0.15, -0.1) is 0 Å². The molecule has 1 heterocycles. The van der Waals surface area contributed by atoms with Crippen LogP contribution in [-0.2, 0) is 12.8 Å². The lowest BCUT2D eigenvalue weighted by atomic mass is 10.1. The van der Waals surface area contributed by atoms with Gasteiger partial charge in [0.1, 0.15) is 17.2 Å². The Kier molecular flexibility index (Phi) is 3.42. The molecule has 98 valence electrons. The Morgan fingerprint density at radius 3 is 2.84 bits per heavy atom. The monoisotopic (exact) mass is 271 g/mol. The maximum absolute atomic E-state index is 4.39. The second-order valence-electron chi connectivity index (χ2n) is 4.79. The van der Waals surface area contributed by atoms with Crippen LogP contribution in [0.4, 0.5) is 5.82 Å². The summed E-state index contributed by atoms with van der Waals surface area (Å²) >= 11 is 1.72. The first kappa shape index (κ1) is 12.5. The zero-order chi connectivity index (χ0) is 13.2. The molecule has 0 spiro atoms. The van der Waals surface area contributed by atoms with Crippen LogP contribution >= 0.6 is 11.8 Å². The fraction of sp³-hybridized carbons (Fsp3) is 0.333. The summed E-state index contributed by atoms with van der Waals surface area (Å²) in [4.78, 5) is 9.88. The van der Waals surface area contributed by atoms with E-state index in [9.17, 15) is 0 Å². The minimum absolute atomic E-state index is 0.902. The van der Waals surface area contributed by atoms with Crippen molar-refractivity contribution in [3.63, 3.8) is 0 Å². The highest BCUT2D eigenvalue weighted by atomic mass is 32.2. The number of hydrogen-bond acceptors (Lipinski definition) is 4. The first-order valence-corrected chi connectivity index (χ1v) is 7.38. The molecule has 0 saturated heterocycles. The van der Waals surface area contributed by atoms with Gasteiger partial charge in [0.05, 0.1) is 0 Å². The Morgan fingerprint density at radius 1 is 1.16 bits per heavy atom. The van der Waals surface area contributed by atoms with Gasteiger partial charge in [0.2, 0.25) is 0 Å². The Morgan fingerprint density at radius 2 is 2.00 bits per heavy atom. The molecule has 0 unspecified atom stereocenters.